The average molecular weight is 329 g/mol. The molecule has 3 N–H and O–H groups in total. The molecule has 1 unspecified atom stereocenters. The van der Waals surface area contributed by atoms with Gasteiger partial charge in [0, 0.05) is 17.7 Å². The third kappa shape index (κ3) is 3.06. The molecule has 1 aromatic rings. The van der Waals surface area contributed by atoms with E-state index in [0.717, 1.165) is 12.1 Å². The second-order valence-electron chi connectivity index (χ2n) is 6.45. The monoisotopic (exact) mass is 329 g/mol. The van der Waals surface area contributed by atoms with Crippen LogP contribution in [0.5, 0.6) is 5.75 Å². The Morgan fingerprint density at radius 2 is 1.87 bits per heavy atom. The summed E-state index contributed by atoms with van der Waals surface area (Å²) in [4.78, 5) is 23.0. The summed E-state index contributed by atoms with van der Waals surface area (Å²) in [6.07, 6.45) is -1.72. The number of carboxylic acids is 1. The highest BCUT2D eigenvalue weighted by Crippen LogP contribution is 2.63. The fraction of sp³-hybridized carbons (Fsp3) is 0.467. The number of nitrogens with one attached hydrogen (secondary N) is 1. The molecule has 0 saturated heterocycles. The zero-order chi connectivity index (χ0) is 17.6. The number of ether oxygens (including phenoxy) is 1. The van der Waals surface area contributed by atoms with Crippen LogP contribution in [0.1, 0.15) is 32.8 Å². The van der Waals surface area contributed by atoms with Crippen molar-refractivity contribution in [2.75, 3.05) is 5.32 Å². The normalized spacial score (nSPS) is 22.3. The summed E-state index contributed by atoms with van der Waals surface area (Å²) < 4.78 is 32.2. The predicted octanol–water partition coefficient (Wildman–Crippen LogP) is 3.10. The average Bonchev–Trinajstić information content (AvgIpc) is 2.94. The Bertz CT molecular complexity index is 668. The molecule has 0 aromatic heterocycles. The van der Waals surface area contributed by atoms with Crippen LogP contribution in [0.15, 0.2) is 18.2 Å². The number of halogens is 2. The van der Waals surface area contributed by atoms with Crippen LogP contribution < -0.4 is 5.32 Å². The number of aliphatic carboxylic acids is 1. The largest absolute Gasteiger partial charge is 0.508 e. The van der Waals surface area contributed by atoms with Gasteiger partial charge in [0.2, 0.25) is 0 Å². The van der Waals surface area contributed by atoms with Gasteiger partial charge in [0.1, 0.15) is 11.4 Å². The molecule has 1 fully saturated rings. The molecule has 2 rings (SSSR count). The second-order valence-corrected chi connectivity index (χ2v) is 6.45. The molecule has 1 aromatic carbocycles. The van der Waals surface area contributed by atoms with E-state index in [0.29, 0.717) is 0 Å². The van der Waals surface area contributed by atoms with E-state index in [4.69, 9.17) is 9.84 Å². The molecule has 1 saturated carbocycles. The number of carboxylic acid groups (broad SMARTS) is 1. The molecule has 0 aliphatic heterocycles. The molecule has 23 heavy (non-hydrogen) atoms. The number of hydrogen-bond donors (Lipinski definition) is 3. The summed E-state index contributed by atoms with van der Waals surface area (Å²) in [5.41, 5.74) is -3.61. The van der Waals surface area contributed by atoms with Gasteiger partial charge < -0.3 is 14.9 Å². The van der Waals surface area contributed by atoms with Crippen molar-refractivity contribution < 1.29 is 33.3 Å². The summed E-state index contributed by atoms with van der Waals surface area (Å²) in [7, 11) is 0. The highest BCUT2D eigenvalue weighted by molar-refractivity contribution is 5.90. The molecule has 126 valence electrons. The smallest absolute Gasteiger partial charge is 0.412 e. The molecule has 1 aliphatic rings. The molecule has 8 heteroatoms. The van der Waals surface area contributed by atoms with Crippen LogP contribution in [0.3, 0.4) is 0 Å². The maximum atomic E-state index is 13.6. The van der Waals surface area contributed by atoms with Crippen molar-refractivity contribution >= 4 is 17.7 Å². The van der Waals surface area contributed by atoms with Gasteiger partial charge in [-0.2, -0.15) is 0 Å². The van der Waals surface area contributed by atoms with Crippen molar-refractivity contribution in [3.63, 3.8) is 0 Å². The number of phenols is 1. The number of hydrogen-bond acceptors (Lipinski definition) is 4. The topological polar surface area (TPSA) is 95.9 Å². The van der Waals surface area contributed by atoms with Gasteiger partial charge in [-0.3, -0.25) is 10.1 Å². The Morgan fingerprint density at radius 3 is 2.30 bits per heavy atom. The first-order valence-electron chi connectivity index (χ1n) is 6.84. The first-order valence-corrected chi connectivity index (χ1v) is 6.84. The Kier molecular flexibility index (Phi) is 3.75. The van der Waals surface area contributed by atoms with Crippen LogP contribution in [0.2, 0.25) is 0 Å². The van der Waals surface area contributed by atoms with Crippen molar-refractivity contribution in [2.45, 2.75) is 44.1 Å². The maximum Gasteiger partial charge on any atom is 0.412 e. The minimum Gasteiger partial charge on any atom is -0.508 e. The van der Waals surface area contributed by atoms with E-state index in [1.54, 1.807) is 20.8 Å². The molecular weight excluding hydrogens is 312 g/mol. The molecule has 0 radical (unpaired) electrons. The number of rotatable bonds is 3. The number of benzene rings is 1. The number of aromatic hydroxyl groups is 1. The van der Waals surface area contributed by atoms with Crippen LogP contribution in [-0.2, 0) is 14.9 Å². The highest BCUT2D eigenvalue weighted by Gasteiger charge is 2.78. The third-order valence-electron chi connectivity index (χ3n) is 3.45. The first kappa shape index (κ1) is 17.0. The zero-order valence-corrected chi connectivity index (χ0v) is 12.8. The minimum atomic E-state index is -3.46. The van der Waals surface area contributed by atoms with Crippen LogP contribution >= 0.6 is 0 Å². The van der Waals surface area contributed by atoms with Crippen LogP contribution in [0, 0.1) is 0 Å². The summed E-state index contributed by atoms with van der Waals surface area (Å²) in [5, 5.41) is 21.2. The van der Waals surface area contributed by atoms with Gasteiger partial charge in [-0.05, 0) is 39.0 Å². The van der Waals surface area contributed by atoms with E-state index in [2.05, 4.69) is 5.32 Å². The van der Waals surface area contributed by atoms with Gasteiger partial charge in [-0.1, -0.05) is 0 Å². The Balaban J connectivity index is 2.31. The number of alkyl halides is 2. The van der Waals surface area contributed by atoms with Gasteiger partial charge >= 0.3 is 12.1 Å². The van der Waals surface area contributed by atoms with E-state index in [1.807, 2.05) is 0 Å². The minimum absolute atomic E-state index is 0.0513. The third-order valence-corrected chi connectivity index (χ3v) is 3.45. The first-order chi connectivity index (χ1) is 10.4. The van der Waals surface area contributed by atoms with Crippen LogP contribution in [0.25, 0.3) is 0 Å². The van der Waals surface area contributed by atoms with Crippen molar-refractivity contribution in [1.29, 1.82) is 0 Å². The fourth-order valence-corrected chi connectivity index (χ4v) is 2.31. The summed E-state index contributed by atoms with van der Waals surface area (Å²) >= 11 is 0. The molecule has 0 spiro atoms. The molecule has 0 heterocycles. The Labute approximate surface area is 131 Å². The number of phenolic OH excluding ortho intramolecular Hbond substituents is 1. The Morgan fingerprint density at radius 1 is 1.30 bits per heavy atom. The SMILES string of the molecule is CC(C)(C)OC(=O)Nc1ccc(O)c(C2(C(=O)O)CC2(F)F)c1. The fourth-order valence-electron chi connectivity index (χ4n) is 2.31. The van der Waals surface area contributed by atoms with Crippen LogP contribution in [-0.4, -0.2) is 33.8 Å². The predicted molar refractivity (Wildman–Crippen MR) is 76.8 cm³/mol. The van der Waals surface area contributed by atoms with E-state index in [1.165, 1.54) is 6.07 Å². The number of anilines is 1. The van der Waals surface area contributed by atoms with Crippen molar-refractivity contribution in [3.8, 4) is 5.75 Å². The van der Waals surface area contributed by atoms with Gasteiger partial charge in [0.05, 0.1) is 0 Å². The lowest BCUT2D eigenvalue weighted by atomic mass is 9.94. The number of amides is 1. The van der Waals surface area contributed by atoms with Crippen molar-refractivity contribution in [1.82, 2.24) is 0 Å². The molecule has 1 amide bonds. The molecular formula is C15H17F2NO5. The Hall–Kier alpha value is -2.38. The summed E-state index contributed by atoms with van der Waals surface area (Å²) in [6.45, 7) is 4.96. The van der Waals surface area contributed by atoms with Crippen molar-refractivity contribution in [2.24, 2.45) is 0 Å². The molecule has 1 aliphatic carbocycles. The lowest BCUT2D eigenvalue weighted by Gasteiger charge is -2.20. The van der Waals surface area contributed by atoms with Crippen LogP contribution in [0.4, 0.5) is 19.3 Å². The highest BCUT2D eigenvalue weighted by atomic mass is 19.3. The van der Waals surface area contributed by atoms with E-state index >= 15 is 0 Å². The number of carbonyl (C=O) groups is 2. The van der Waals surface area contributed by atoms with E-state index in [-0.39, 0.29) is 5.69 Å². The van der Waals surface area contributed by atoms with Gasteiger partial charge in [-0.25, -0.2) is 13.6 Å². The molecule has 1 atom stereocenters. The molecule has 6 nitrogen and oxygen atoms in total. The lowest BCUT2D eigenvalue weighted by Crippen LogP contribution is -2.28. The number of carbonyl (C=O) groups excluding carboxylic acids is 1. The van der Waals surface area contributed by atoms with E-state index < -0.39 is 46.7 Å². The van der Waals surface area contributed by atoms with Gasteiger partial charge in [0.15, 0.2) is 5.41 Å². The van der Waals surface area contributed by atoms with Crippen molar-refractivity contribution in [3.05, 3.63) is 23.8 Å². The lowest BCUT2D eigenvalue weighted by molar-refractivity contribution is -0.143. The summed E-state index contributed by atoms with van der Waals surface area (Å²) in [5.74, 6) is -5.76. The van der Waals surface area contributed by atoms with Gasteiger partial charge in [0.25, 0.3) is 5.92 Å². The van der Waals surface area contributed by atoms with E-state index in [9.17, 15) is 23.5 Å². The quantitative estimate of drug-likeness (QED) is 0.741. The molecule has 0 bridgehead atoms. The second kappa shape index (κ2) is 5.07. The summed E-state index contributed by atoms with van der Waals surface area (Å²) in [6, 6.07) is 3.34. The standard InChI is InChI=1S/C15H17F2NO5/c1-13(2,3)23-12(22)18-8-4-5-10(19)9(6-8)14(11(20)21)7-15(14,16)17/h4-6,19H,7H2,1-3H3,(H,18,22)(H,20,21). The maximum absolute atomic E-state index is 13.6. The zero-order valence-electron chi connectivity index (χ0n) is 12.8. The van der Waals surface area contributed by atoms with Gasteiger partial charge in [-0.15, -0.1) is 0 Å².